The molecule has 3 atom stereocenters. The highest BCUT2D eigenvalue weighted by atomic mass is 15.2. The van der Waals surface area contributed by atoms with Crippen LogP contribution in [0.4, 0.5) is 0 Å². The van der Waals surface area contributed by atoms with Crippen molar-refractivity contribution in [2.45, 2.75) is 20.3 Å². The lowest BCUT2D eigenvalue weighted by molar-refractivity contribution is 0.251. The second-order valence-corrected chi connectivity index (χ2v) is 4.95. The third-order valence-corrected chi connectivity index (χ3v) is 3.48. The van der Waals surface area contributed by atoms with E-state index >= 15 is 0 Å². The fourth-order valence-corrected chi connectivity index (χ4v) is 2.32. The van der Waals surface area contributed by atoms with Crippen LogP contribution in [0.3, 0.4) is 0 Å². The van der Waals surface area contributed by atoms with Crippen molar-refractivity contribution in [1.82, 2.24) is 4.90 Å². The van der Waals surface area contributed by atoms with Gasteiger partial charge in [0.2, 0.25) is 0 Å². The first-order valence-electron chi connectivity index (χ1n) is 5.32. The summed E-state index contributed by atoms with van der Waals surface area (Å²) in [6, 6.07) is 2.42. The zero-order valence-corrected chi connectivity index (χ0v) is 8.53. The molecule has 0 spiro atoms. The van der Waals surface area contributed by atoms with Crippen molar-refractivity contribution in [3.05, 3.63) is 0 Å². The molecular formula is C11H18N2. The molecule has 1 aliphatic heterocycles. The standard InChI is InChI=1S/C11H18N2/c1-8(2)11(4-12)7-13-5-9-3-10(9)6-13/h8-11H,3,5-7H2,1-2H3. The summed E-state index contributed by atoms with van der Waals surface area (Å²) in [6.45, 7) is 7.81. The van der Waals surface area contributed by atoms with Crippen LogP contribution in [0.5, 0.6) is 0 Å². The van der Waals surface area contributed by atoms with Crippen molar-refractivity contribution in [2.24, 2.45) is 23.7 Å². The highest BCUT2D eigenvalue weighted by Crippen LogP contribution is 2.45. The van der Waals surface area contributed by atoms with Gasteiger partial charge in [-0.15, -0.1) is 0 Å². The molecule has 2 fully saturated rings. The minimum atomic E-state index is 0.234. The molecule has 0 aromatic rings. The van der Waals surface area contributed by atoms with Crippen LogP contribution in [0.2, 0.25) is 0 Å². The molecular weight excluding hydrogens is 160 g/mol. The predicted molar refractivity (Wildman–Crippen MR) is 52.0 cm³/mol. The van der Waals surface area contributed by atoms with Gasteiger partial charge in [0.25, 0.3) is 0 Å². The van der Waals surface area contributed by atoms with Gasteiger partial charge in [-0.3, -0.25) is 0 Å². The Balaban J connectivity index is 1.80. The lowest BCUT2D eigenvalue weighted by atomic mass is 9.97. The van der Waals surface area contributed by atoms with Gasteiger partial charge in [0, 0.05) is 19.6 Å². The summed E-state index contributed by atoms with van der Waals surface area (Å²) in [7, 11) is 0. The topological polar surface area (TPSA) is 27.0 Å². The fraction of sp³-hybridized carbons (Fsp3) is 0.909. The van der Waals surface area contributed by atoms with E-state index < -0.39 is 0 Å². The highest BCUT2D eigenvalue weighted by Gasteiger charge is 2.45. The number of nitrogens with zero attached hydrogens (tertiary/aromatic N) is 2. The van der Waals surface area contributed by atoms with Gasteiger partial charge < -0.3 is 4.90 Å². The molecule has 2 aliphatic rings. The van der Waals surface area contributed by atoms with Crippen LogP contribution < -0.4 is 0 Å². The summed E-state index contributed by atoms with van der Waals surface area (Å²) >= 11 is 0. The van der Waals surface area contributed by atoms with Crippen molar-refractivity contribution in [1.29, 1.82) is 5.26 Å². The van der Waals surface area contributed by atoms with Gasteiger partial charge in [-0.25, -0.2) is 0 Å². The Morgan fingerprint density at radius 2 is 2.00 bits per heavy atom. The fourth-order valence-electron chi connectivity index (χ4n) is 2.32. The smallest absolute Gasteiger partial charge is 0.0672 e. The van der Waals surface area contributed by atoms with E-state index in [9.17, 15) is 0 Å². The Hall–Kier alpha value is -0.550. The molecule has 2 rings (SSSR count). The molecule has 1 saturated heterocycles. The van der Waals surface area contributed by atoms with Gasteiger partial charge in [0.15, 0.2) is 0 Å². The summed E-state index contributed by atoms with van der Waals surface area (Å²) < 4.78 is 0. The molecule has 2 nitrogen and oxygen atoms in total. The van der Waals surface area contributed by atoms with Crippen LogP contribution in [0.1, 0.15) is 20.3 Å². The molecule has 0 aromatic carbocycles. The molecule has 72 valence electrons. The second kappa shape index (κ2) is 3.31. The van der Waals surface area contributed by atoms with E-state index in [0.717, 1.165) is 18.4 Å². The predicted octanol–water partition coefficient (Wildman–Crippen LogP) is 1.73. The summed E-state index contributed by atoms with van der Waals surface area (Å²) in [5.74, 6) is 2.72. The first kappa shape index (κ1) is 9.02. The summed E-state index contributed by atoms with van der Waals surface area (Å²) in [5, 5.41) is 8.96. The summed E-state index contributed by atoms with van der Waals surface area (Å²) in [5.41, 5.74) is 0. The van der Waals surface area contributed by atoms with Crippen molar-refractivity contribution >= 4 is 0 Å². The van der Waals surface area contributed by atoms with Gasteiger partial charge in [-0.1, -0.05) is 13.8 Å². The molecule has 13 heavy (non-hydrogen) atoms. The van der Waals surface area contributed by atoms with Crippen LogP contribution >= 0.6 is 0 Å². The molecule has 0 radical (unpaired) electrons. The molecule has 0 N–H and O–H groups in total. The maximum atomic E-state index is 8.96. The van der Waals surface area contributed by atoms with E-state index in [2.05, 4.69) is 24.8 Å². The van der Waals surface area contributed by atoms with Gasteiger partial charge >= 0.3 is 0 Å². The van der Waals surface area contributed by atoms with E-state index in [0.29, 0.717) is 5.92 Å². The minimum absolute atomic E-state index is 0.234. The Kier molecular flexibility index (Phi) is 2.29. The maximum Gasteiger partial charge on any atom is 0.0672 e. The van der Waals surface area contributed by atoms with Gasteiger partial charge in [-0.05, 0) is 24.2 Å². The SMILES string of the molecule is CC(C)C(C#N)CN1CC2CC2C1. The van der Waals surface area contributed by atoms with E-state index in [1.165, 1.54) is 19.5 Å². The molecule has 1 heterocycles. The number of hydrogen-bond donors (Lipinski definition) is 0. The van der Waals surface area contributed by atoms with Crippen LogP contribution in [0.15, 0.2) is 0 Å². The van der Waals surface area contributed by atoms with Crippen molar-refractivity contribution in [3.63, 3.8) is 0 Å². The molecule has 0 aromatic heterocycles. The van der Waals surface area contributed by atoms with Crippen LogP contribution in [0.25, 0.3) is 0 Å². The Bertz CT molecular complexity index is 219. The zero-order chi connectivity index (χ0) is 9.42. The number of piperidine rings is 1. The molecule has 3 unspecified atom stereocenters. The third kappa shape index (κ3) is 1.86. The van der Waals surface area contributed by atoms with E-state index in [-0.39, 0.29) is 5.92 Å². The zero-order valence-electron chi connectivity index (χ0n) is 8.53. The van der Waals surface area contributed by atoms with E-state index in [4.69, 9.17) is 5.26 Å². The molecule has 1 saturated carbocycles. The number of fused-ring (bicyclic) bond motifs is 1. The Morgan fingerprint density at radius 1 is 1.38 bits per heavy atom. The number of hydrogen-bond acceptors (Lipinski definition) is 2. The quantitative estimate of drug-likeness (QED) is 0.658. The van der Waals surface area contributed by atoms with Crippen LogP contribution in [-0.2, 0) is 0 Å². The summed E-state index contributed by atoms with van der Waals surface area (Å²) in [4.78, 5) is 2.48. The van der Waals surface area contributed by atoms with Crippen molar-refractivity contribution < 1.29 is 0 Å². The lowest BCUT2D eigenvalue weighted by Crippen LogP contribution is -2.30. The van der Waals surface area contributed by atoms with Gasteiger partial charge in [0.1, 0.15) is 0 Å². The molecule has 0 amide bonds. The second-order valence-electron chi connectivity index (χ2n) is 4.95. The Morgan fingerprint density at radius 3 is 2.46 bits per heavy atom. The van der Waals surface area contributed by atoms with Crippen LogP contribution in [0, 0.1) is 35.0 Å². The van der Waals surface area contributed by atoms with Crippen molar-refractivity contribution in [3.8, 4) is 6.07 Å². The van der Waals surface area contributed by atoms with Gasteiger partial charge in [-0.2, -0.15) is 5.26 Å². The van der Waals surface area contributed by atoms with Crippen LogP contribution in [-0.4, -0.2) is 24.5 Å². The summed E-state index contributed by atoms with van der Waals surface area (Å²) in [6.07, 6.45) is 1.45. The number of rotatable bonds is 3. The minimum Gasteiger partial charge on any atom is -0.301 e. The van der Waals surface area contributed by atoms with E-state index in [1.807, 2.05) is 0 Å². The number of likely N-dealkylation sites (tertiary alicyclic amines) is 1. The highest BCUT2D eigenvalue weighted by molar-refractivity contribution is 4.99. The molecule has 0 bridgehead atoms. The molecule has 1 aliphatic carbocycles. The first-order valence-corrected chi connectivity index (χ1v) is 5.32. The average Bonchev–Trinajstić information content (AvgIpc) is 2.70. The van der Waals surface area contributed by atoms with Crippen molar-refractivity contribution in [2.75, 3.05) is 19.6 Å². The normalized spacial score (nSPS) is 34.3. The largest absolute Gasteiger partial charge is 0.301 e. The Labute approximate surface area is 80.5 Å². The third-order valence-electron chi connectivity index (χ3n) is 3.48. The lowest BCUT2D eigenvalue weighted by Gasteiger charge is -2.22. The number of nitriles is 1. The maximum absolute atomic E-state index is 8.96. The molecule has 2 heteroatoms. The van der Waals surface area contributed by atoms with E-state index in [1.54, 1.807) is 0 Å². The van der Waals surface area contributed by atoms with Gasteiger partial charge in [0.05, 0.1) is 12.0 Å². The average molecular weight is 178 g/mol. The first-order chi connectivity index (χ1) is 6.20. The monoisotopic (exact) mass is 178 g/mol.